The summed E-state index contributed by atoms with van der Waals surface area (Å²) in [5.41, 5.74) is -0.0612. The highest BCUT2D eigenvalue weighted by molar-refractivity contribution is 5.70. The Labute approximate surface area is 234 Å². The van der Waals surface area contributed by atoms with Crippen LogP contribution < -0.4 is 11.2 Å². The van der Waals surface area contributed by atoms with E-state index in [4.69, 9.17) is 4.74 Å². The number of hydrogen-bond donors (Lipinski definition) is 2. The van der Waals surface area contributed by atoms with Crippen molar-refractivity contribution in [3.8, 4) is 0 Å². The number of fused-ring (bicyclic) bond motifs is 1. The molecular weight excluding hydrogens is 492 g/mol. The lowest BCUT2D eigenvalue weighted by Crippen LogP contribution is -2.29. The number of nitrogens with one attached hydrogen (secondary N) is 1. The zero-order valence-electron chi connectivity index (χ0n) is 24.9. The van der Waals surface area contributed by atoms with Gasteiger partial charge in [0.25, 0.3) is 5.56 Å². The number of allylic oxidation sites excluding steroid dienone is 2. The minimum Gasteiger partial charge on any atom is -0.391 e. The van der Waals surface area contributed by atoms with Gasteiger partial charge in [-0.25, -0.2) is 9.78 Å². The number of aromatic nitrogens is 4. The number of aryl methyl sites for hydroxylation is 3. The van der Waals surface area contributed by atoms with Crippen LogP contribution in [-0.2, 0) is 25.3 Å². The number of rotatable bonds is 23. The molecule has 2 aromatic heterocycles. The predicted octanol–water partition coefficient (Wildman–Crippen LogP) is 6.09. The van der Waals surface area contributed by atoms with Gasteiger partial charge in [-0.3, -0.25) is 14.3 Å². The topological polar surface area (TPSA) is 102 Å². The second-order valence-corrected chi connectivity index (χ2v) is 11.0. The summed E-state index contributed by atoms with van der Waals surface area (Å²) >= 11 is 0. The van der Waals surface area contributed by atoms with Crippen LogP contribution in [0.2, 0.25) is 0 Å². The largest absolute Gasteiger partial charge is 0.391 e. The van der Waals surface area contributed by atoms with Crippen LogP contribution in [0.3, 0.4) is 0 Å². The van der Waals surface area contributed by atoms with Gasteiger partial charge >= 0.3 is 5.69 Å². The first kappa shape index (κ1) is 33.0. The maximum atomic E-state index is 12.1. The molecule has 0 aliphatic carbocycles. The lowest BCUT2D eigenvalue weighted by atomic mass is 10.1. The Morgan fingerprint density at radius 1 is 0.846 bits per heavy atom. The molecule has 0 radical (unpaired) electrons. The smallest absolute Gasteiger partial charge is 0.329 e. The SMILES string of the molecule is CCCCCCCC/C=C\CCCCCCCCOCC(O)CCCCc1nc2c(c(=O)[nH]c(=O)n2C)n1C. The van der Waals surface area contributed by atoms with Crippen LogP contribution in [0.4, 0.5) is 0 Å². The van der Waals surface area contributed by atoms with Gasteiger partial charge in [0.15, 0.2) is 11.2 Å². The van der Waals surface area contributed by atoms with Gasteiger partial charge in [-0.1, -0.05) is 83.3 Å². The number of aliphatic hydroxyl groups excluding tert-OH is 1. The van der Waals surface area contributed by atoms with Crippen molar-refractivity contribution < 1.29 is 9.84 Å². The molecule has 0 saturated heterocycles. The van der Waals surface area contributed by atoms with Gasteiger partial charge < -0.3 is 14.4 Å². The van der Waals surface area contributed by atoms with Crippen molar-refractivity contribution in [1.82, 2.24) is 19.1 Å². The molecule has 8 heteroatoms. The fourth-order valence-corrected chi connectivity index (χ4v) is 4.99. The van der Waals surface area contributed by atoms with E-state index in [1.807, 2.05) is 0 Å². The average molecular weight is 547 g/mol. The van der Waals surface area contributed by atoms with Crippen molar-refractivity contribution in [3.63, 3.8) is 0 Å². The van der Waals surface area contributed by atoms with Crippen molar-refractivity contribution in [2.75, 3.05) is 13.2 Å². The first-order chi connectivity index (χ1) is 19.0. The lowest BCUT2D eigenvalue weighted by molar-refractivity contribution is 0.0298. The number of ether oxygens (including phenoxy) is 1. The van der Waals surface area contributed by atoms with E-state index < -0.39 is 17.4 Å². The van der Waals surface area contributed by atoms with Crippen molar-refractivity contribution >= 4 is 11.2 Å². The van der Waals surface area contributed by atoms with E-state index >= 15 is 0 Å². The van der Waals surface area contributed by atoms with E-state index in [0.29, 0.717) is 37.2 Å². The van der Waals surface area contributed by atoms with E-state index in [0.717, 1.165) is 25.1 Å². The summed E-state index contributed by atoms with van der Waals surface area (Å²) in [6, 6.07) is 0. The minimum absolute atomic E-state index is 0.384. The standard InChI is InChI=1S/C31H54N4O4/c1-4-5-6-7-8-9-10-11-12-13-14-15-16-17-18-21-24-39-25-26(36)22-19-20-23-27-32-29-28(34(27)2)30(37)33-31(38)35(29)3/h11-12,26,36H,4-10,13-25H2,1-3H3,(H,33,37,38)/b12-11-. The third-order valence-electron chi connectivity index (χ3n) is 7.53. The fraction of sp³-hybridized carbons (Fsp3) is 0.774. The molecule has 0 bridgehead atoms. The molecule has 0 saturated carbocycles. The Kier molecular flexibility index (Phi) is 16.8. The average Bonchev–Trinajstić information content (AvgIpc) is 3.25. The zero-order valence-corrected chi connectivity index (χ0v) is 24.9. The number of aromatic amines is 1. The molecule has 0 spiro atoms. The molecule has 0 aliphatic rings. The number of aliphatic hydroxyl groups is 1. The summed E-state index contributed by atoms with van der Waals surface area (Å²) in [7, 11) is 3.40. The highest BCUT2D eigenvalue weighted by Gasteiger charge is 2.14. The minimum atomic E-state index is -0.461. The van der Waals surface area contributed by atoms with Crippen LogP contribution >= 0.6 is 0 Å². The molecule has 2 heterocycles. The molecule has 2 N–H and O–H groups in total. The van der Waals surface area contributed by atoms with Crippen molar-refractivity contribution in [1.29, 1.82) is 0 Å². The summed E-state index contributed by atoms with van der Waals surface area (Å²) in [5.74, 6) is 0.766. The summed E-state index contributed by atoms with van der Waals surface area (Å²) in [6.07, 6.45) is 25.5. The molecule has 0 aromatic carbocycles. The summed E-state index contributed by atoms with van der Waals surface area (Å²) < 4.78 is 8.79. The van der Waals surface area contributed by atoms with Crippen LogP contribution in [0.1, 0.15) is 122 Å². The van der Waals surface area contributed by atoms with Crippen LogP contribution in [0.15, 0.2) is 21.7 Å². The third kappa shape index (κ3) is 12.7. The van der Waals surface area contributed by atoms with Gasteiger partial charge in [0.2, 0.25) is 0 Å². The molecule has 1 atom stereocenters. The Morgan fingerprint density at radius 3 is 2.13 bits per heavy atom. The lowest BCUT2D eigenvalue weighted by Gasteiger charge is -2.11. The van der Waals surface area contributed by atoms with Crippen molar-refractivity contribution in [2.24, 2.45) is 14.1 Å². The molecular formula is C31H54N4O4. The Hall–Kier alpha value is -2.19. The summed E-state index contributed by atoms with van der Waals surface area (Å²) in [4.78, 5) is 30.7. The van der Waals surface area contributed by atoms with E-state index in [9.17, 15) is 14.7 Å². The monoisotopic (exact) mass is 546 g/mol. The van der Waals surface area contributed by atoms with Crippen LogP contribution in [0.25, 0.3) is 11.2 Å². The van der Waals surface area contributed by atoms with Crippen molar-refractivity contribution in [2.45, 2.75) is 129 Å². The second-order valence-electron chi connectivity index (χ2n) is 11.0. The van der Waals surface area contributed by atoms with E-state index in [-0.39, 0.29) is 0 Å². The molecule has 0 amide bonds. The first-order valence-corrected chi connectivity index (χ1v) is 15.5. The Bertz CT molecular complexity index is 1070. The predicted molar refractivity (Wildman–Crippen MR) is 160 cm³/mol. The van der Waals surface area contributed by atoms with Gasteiger partial charge in [-0.05, 0) is 44.9 Å². The molecule has 2 rings (SSSR count). The number of H-pyrrole nitrogens is 1. The number of unbranched alkanes of at least 4 members (excludes halogenated alkanes) is 13. The van der Waals surface area contributed by atoms with E-state index in [1.165, 1.54) is 88.0 Å². The Balaban J connectivity index is 1.41. The summed E-state index contributed by atoms with van der Waals surface area (Å²) in [5, 5.41) is 10.2. The maximum absolute atomic E-state index is 12.1. The third-order valence-corrected chi connectivity index (χ3v) is 7.53. The number of hydrogen-bond acceptors (Lipinski definition) is 5. The zero-order chi connectivity index (χ0) is 28.3. The maximum Gasteiger partial charge on any atom is 0.329 e. The van der Waals surface area contributed by atoms with E-state index in [1.54, 1.807) is 18.7 Å². The van der Waals surface area contributed by atoms with Gasteiger partial charge in [-0.15, -0.1) is 0 Å². The highest BCUT2D eigenvalue weighted by Crippen LogP contribution is 2.13. The fourth-order valence-electron chi connectivity index (χ4n) is 4.99. The normalized spacial score (nSPS) is 12.7. The number of imidazole rings is 1. The Morgan fingerprint density at radius 2 is 1.46 bits per heavy atom. The van der Waals surface area contributed by atoms with Gasteiger partial charge in [0.05, 0.1) is 12.7 Å². The molecule has 0 fully saturated rings. The molecule has 2 aromatic rings. The van der Waals surface area contributed by atoms with Crippen LogP contribution in [0, 0.1) is 0 Å². The van der Waals surface area contributed by atoms with Crippen LogP contribution in [0.5, 0.6) is 0 Å². The highest BCUT2D eigenvalue weighted by atomic mass is 16.5. The van der Waals surface area contributed by atoms with Gasteiger partial charge in [0.1, 0.15) is 5.82 Å². The molecule has 0 aliphatic heterocycles. The molecule has 39 heavy (non-hydrogen) atoms. The quantitative estimate of drug-likeness (QED) is 0.130. The molecule has 8 nitrogen and oxygen atoms in total. The second kappa shape index (κ2) is 19.8. The molecule has 222 valence electrons. The van der Waals surface area contributed by atoms with Crippen LogP contribution in [-0.4, -0.2) is 43.5 Å². The van der Waals surface area contributed by atoms with E-state index in [2.05, 4.69) is 29.0 Å². The molecule has 1 unspecified atom stereocenters. The van der Waals surface area contributed by atoms with Crippen molar-refractivity contribution in [3.05, 3.63) is 38.8 Å². The van der Waals surface area contributed by atoms with Gasteiger partial charge in [-0.2, -0.15) is 0 Å². The summed E-state index contributed by atoms with van der Waals surface area (Å²) in [6.45, 7) is 3.37. The van der Waals surface area contributed by atoms with Gasteiger partial charge in [0, 0.05) is 27.1 Å². The first-order valence-electron chi connectivity index (χ1n) is 15.5. The number of nitrogens with zero attached hydrogens (tertiary/aromatic N) is 3.